The van der Waals surface area contributed by atoms with Crippen molar-refractivity contribution in [1.82, 2.24) is 0 Å². The fourth-order valence-corrected chi connectivity index (χ4v) is 1.96. The number of esters is 1. The number of hydrogen-bond donors (Lipinski definition) is 0. The highest BCUT2D eigenvalue weighted by Gasteiger charge is 2.09. The third-order valence-corrected chi connectivity index (χ3v) is 3.08. The van der Waals surface area contributed by atoms with Crippen LogP contribution in [0.4, 0.5) is 0 Å². The second-order valence-electron chi connectivity index (χ2n) is 5.20. The van der Waals surface area contributed by atoms with Crippen LogP contribution in [0.1, 0.15) is 13.8 Å². The van der Waals surface area contributed by atoms with Gasteiger partial charge in [0.05, 0.1) is 0 Å². The van der Waals surface area contributed by atoms with Gasteiger partial charge in [0.25, 0.3) is 0 Å². The molecule has 3 heteroatoms. The van der Waals surface area contributed by atoms with Gasteiger partial charge in [-0.2, -0.15) is 0 Å². The molecule has 2 aromatic rings. The first-order chi connectivity index (χ1) is 10.6. The van der Waals surface area contributed by atoms with Gasteiger partial charge in [-0.25, -0.2) is 4.79 Å². The van der Waals surface area contributed by atoms with E-state index in [1.807, 2.05) is 49.4 Å². The Kier molecular flexibility index (Phi) is 5.37. The van der Waals surface area contributed by atoms with Gasteiger partial charge in [-0.15, -0.1) is 0 Å². The number of benzene rings is 2. The van der Waals surface area contributed by atoms with Crippen LogP contribution in [0.25, 0.3) is 11.1 Å². The minimum Gasteiger partial charge on any atom is -0.487 e. The van der Waals surface area contributed by atoms with Gasteiger partial charge in [0.2, 0.25) is 0 Å². The predicted octanol–water partition coefficient (Wildman–Crippen LogP) is 4.24. The van der Waals surface area contributed by atoms with E-state index in [0.717, 1.165) is 16.9 Å². The summed E-state index contributed by atoms with van der Waals surface area (Å²) in [5.74, 6) is 0.355. The summed E-state index contributed by atoms with van der Waals surface area (Å²) in [4.78, 5) is 11.4. The van der Waals surface area contributed by atoms with E-state index in [0.29, 0.717) is 5.57 Å². The lowest BCUT2D eigenvalue weighted by atomic mass is 10.1. The molecule has 22 heavy (non-hydrogen) atoms. The highest BCUT2D eigenvalue weighted by molar-refractivity contribution is 5.86. The maximum absolute atomic E-state index is 11.4. The molecule has 114 valence electrons. The molecule has 0 aromatic heterocycles. The molecule has 3 nitrogen and oxygen atoms in total. The normalized spacial score (nSPS) is 11.5. The summed E-state index contributed by atoms with van der Waals surface area (Å²) in [6.07, 6.45) is -0.227. The van der Waals surface area contributed by atoms with E-state index < -0.39 is 5.97 Å². The van der Waals surface area contributed by atoms with Gasteiger partial charge in [-0.3, -0.25) is 0 Å². The van der Waals surface area contributed by atoms with Crippen LogP contribution in [0.15, 0.2) is 66.7 Å². The zero-order valence-corrected chi connectivity index (χ0v) is 12.9. The number of hydrogen-bond acceptors (Lipinski definition) is 3. The van der Waals surface area contributed by atoms with Crippen molar-refractivity contribution in [2.75, 3.05) is 6.61 Å². The summed E-state index contributed by atoms with van der Waals surface area (Å²) in [5.41, 5.74) is 2.61. The van der Waals surface area contributed by atoms with E-state index in [2.05, 4.69) is 18.7 Å². The Balaban J connectivity index is 1.98. The Morgan fingerprint density at radius 1 is 1.09 bits per heavy atom. The van der Waals surface area contributed by atoms with Crippen LogP contribution in [0.3, 0.4) is 0 Å². The first kappa shape index (κ1) is 15.8. The Bertz CT molecular complexity index is 647. The smallest absolute Gasteiger partial charge is 0.333 e. The maximum atomic E-state index is 11.4. The first-order valence-corrected chi connectivity index (χ1v) is 7.21. The van der Waals surface area contributed by atoms with Crippen molar-refractivity contribution in [3.05, 3.63) is 66.7 Å². The fraction of sp³-hybridized carbons (Fsp3) is 0.211. The zero-order valence-electron chi connectivity index (χ0n) is 12.9. The summed E-state index contributed by atoms with van der Waals surface area (Å²) in [5, 5.41) is 0. The van der Waals surface area contributed by atoms with E-state index in [1.165, 1.54) is 0 Å². The highest BCUT2D eigenvalue weighted by atomic mass is 16.6. The second-order valence-corrected chi connectivity index (χ2v) is 5.20. The lowest BCUT2D eigenvalue weighted by molar-refractivity contribution is -0.141. The Morgan fingerprint density at radius 3 is 2.45 bits per heavy atom. The van der Waals surface area contributed by atoms with E-state index in [9.17, 15) is 4.79 Å². The number of rotatable bonds is 6. The topological polar surface area (TPSA) is 35.5 Å². The SMILES string of the molecule is C=C(C)C(=O)OCC(C)Oc1cccc(-c2ccccc2)c1. The molecule has 0 heterocycles. The van der Waals surface area contributed by atoms with Gasteiger partial charge in [0.15, 0.2) is 0 Å². The van der Waals surface area contributed by atoms with Crippen molar-refractivity contribution in [1.29, 1.82) is 0 Å². The van der Waals surface area contributed by atoms with E-state index in [4.69, 9.17) is 9.47 Å². The molecule has 0 N–H and O–H groups in total. The Hall–Kier alpha value is -2.55. The van der Waals surface area contributed by atoms with Crippen LogP contribution in [-0.4, -0.2) is 18.7 Å². The van der Waals surface area contributed by atoms with E-state index in [1.54, 1.807) is 6.92 Å². The van der Waals surface area contributed by atoms with Crippen molar-refractivity contribution in [3.8, 4) is 16.9 Å². The van der Waals surface area contributed by atoms with Gasteiger partial charge in [0, 0.05) is 5.57 Å². The van der Waals surface area contributed by atoms with Crippen LogP contribution in [0, 0.1) is 0 Å². The van der Waals surface area contributed by atoms with Crippen LogP contribution < -0.4 is 4.74 Å². The summed E-state index contributed by atoms with van der Waals surface area (Å²) in [6, 6.07) is 18.0. The average Bonchev–Trinajstić information content (AvgIpc) is 2.53. The molecule has 0 spiro atoms. The summed E-state index contributed by atoms with van der Waals surface area (Å²) >= 11 is 0. The van der Waals surface area contributed by atoms with Crippen molar-refractivity contribution < 1.29 is 14.3 Å². The fourth-order valence-electron chi connectivity index (χ4n) is 1.96. The van der Waals surface area contributed by atoms with Crippen LogP contribution in [0.5, 0.6) is 5.75 Å². The minimum atomic E-state index is -0.395. The van der Waals surface area contributed by atoms with Gasteiger partial charge < -0.3 is 9.47 Å². The second kappa shape index (κ2) is 7.46. The molecule has 0 aliphatic carbocycles. The number of carbonyl (C=O) groups is 1. The molecule has 0 aliphatic heterocycles. The van der Waals surface area contributed by atoms with Gasteiger partial charge >= 0.3 is 5.97 Å². The molecule has 0 amide bonds. The highest BCUT2D eigenvalue weighted by Crippen LogP contribution is 2.24. The standard InChI is InChI=1S/C19H20O3/c1-14(2)19(20)21-13-15(3)22-18-11-7-10-17(12-18)16-8-5-4-6-9-16/h4-12,15H,1,13H2,2-3H3. The molecule has 2 rings (SSSR count). The van der Waals surface area contributed by atoms with E-state index >= 15 is 0 Å². The molecule has 1 atom stereocenters. The molecule has 0 fully saturated rings. The lowest BCUT2D eigenvalue weighted by Gasteiger charge is -2.15. The molecule has 0 saturated carbocycles. The van der Waals surface area contributed by atoms with Gasteiger partial charge in [-0.05, 0) is 37.1 Å². The van der Waals surface area contributed by atoms with Crippen molar-refractivity contribution >= 4 is 5.97 Å². The minimum absolute atomic E-state index is 0.196. The number of carbonyl (C=O) groups excluding carboxylic acids is 1. The monoisotopic (exact) mass is 296 g/mol. The zero-order chi connectivity index (χ0) is 15.9. The first-order valence-electron chi connectivity index (χ1n) is 7.21. The quantitative estimate of drug-likeness (QED) is 0.591. The van der Waals surface area contributed by atoms with Crippen LogP contribution in [0.2, 0.25) is 0 Å². The van der Waals surface area contributed by atoms with Crippen molar-refractivity contribution in [2.45, 2.75) is 20.0 Å². The molecule has 0 aliphatic rings. The molecule has 1 unspecified atom stereocenters. The molecular weight excluding hydrogens is 276 g/mol. The predicted molar refractivity (Wildman–Crippen MR) is 87.7 cm³/mol. The average molecular weight is 296 g/mol. The summed E-state index contributed by atoms with van der Waals surface area (Å²) in [7, 11) is 0. The Morgan fingerprint density at radius 2 is 1.77 bits per heavy atom. The molecular formula is C19H20O3. The van der Waals surface area contributed by atoms with Crippen molar-refractivity contribution in [2.24, 2.45) is 0 Å². The van der Waals surface area contributed by atoms with Gasteiger partial charge in [0.1, 0.15) is 18.5 Å². The number of ether oxygens (including phenoxy) is 2. The van der Waals surface area contributed by atoms with Crippen LogP contribution >= 0.6 is 0 Å². The largest absolute Gasteiger partial charge is 0.487 e. The van der Waals surface area contributed by atoms with E-state index in [-0.39, 0.29) is 12.7 Å². The van der Waals surface area contributed by atoms with Gasteiger partial charge in [-0.1, -0.05) is 49.0 Å². The summed E-state index contributed by atoms with van der Waals surface area (Å²) < 4.78 is 10.9. The third-order valence-electron chi connectivity index (χ3n) is 3.08. The summed E-state index contributed by atoms with van der Waals surface area (Å²) in [6.45, 7) is 7.23. The van der Waals surface area contributed by atoms with Crippen molar-refractivity contribution in [3.63, 3.8) is 0 Å². The Labute approximate surface area is 131 Å². The molecule has 0 bridgehead atoms. The maximum Gasteiger partial charge on any atom is 0.333 e. The molecule has 0 saturated heterocycles. The third kappa shape index (κ3) is 4.48. The van der Waals surface area contributed by atoms with Crippen LogP contribution in [-0.2, 0) is 9.53 Å². The molecule has 2 aromatic carbocycles. The molecule has 0 radical (unpaired) electrons. The lowest BCUT2D eigenvalue weighted by Crippen LogP contribution is -2.21.